The van der Waals surface area contributed by atoms with Gasteiger partial charge in [-0.15, -0.1) is 0 Å². The predicted octanol–water partition coefficient (Wildman–Crippen LogP) is 3.09. The number of nitrogens with one attached hydrogen (secondary N) is 2. The number of aliphatic imine (C=N–C) groups is 1. The number of benzene rings is 2. The molecule has 0 spiro atoms. The molecule has 0 heterocycles. The van der Waals surface area contributed by atoms with Gasteiger partial charge >= 0.3 is 0 Å². The molecule has 0 amide bonds. The van der Waals surface area contributed by atoms with E-state index in [0.29, 0.717) is 12.6 Å². The van der Waals surface area contributed by atoms with Crippen molar-refractivity contribution in [3.63, 3.8) is 0 Å². The molecule has 0 aliphatic rings. The molecule has 0 saturated carbocycles. The molecule has 3 N–H and O–H groups in total. The summed E-state index contributed by atoms with van der Waals surface area (Å²) >= 11 is 0. The van der Waals surface area contributed by atoms with Crippen molar-refractivity contribution in [3.8, 4) is 5.75 Å². The summed E-state index contributed by atoms with van der Waals surface area (Å²) in [5.74, 6) is 1.60. The van der Waals surface area contributed by atoms with Gasteiger partial charge in [0.2, 0.25) is 0 Å². The van der Waals surface area contributed by atoms with Crippen LogP contribution < -0.4 is 15.4 Å². The summed E-state index contributed by atoms with van der Waals surface area (Å²) in [5, 5.41) is 17.3. The van der Waals surface area contributed by atoms with E-state index in [-0.39, 0.29) is 6.54 Å². The van der Waals surface area contributed by atoms with Crippen LogP contribution >= 0.6 is 0 Å². The van der Waals surface area contributed by atoms with Crippen molar-refractivity contribution < 1.29 is 9.84 Å². The predicted molar refractivity (Wildman–Crippen MR) is 111 cm³/mol. The highest BCUT2D eigenvalue weighted by atomic mass is 16.5. The summed E-state index contributed by atoms with van der Waals surface area (Å²) in [5.41, 5.74) is 1.06. The Morgan fingerprint density at radius 3 is 2.56 bits per heavy atom. The van der Waals surface area contributed by atoms with Gasteiger partial charge in [0.1, 0.15) is 11.4 Å². The summed E-state index contributed by atoms with van der Waals surface area (Å²) in [6, 6.07) is 17.8. The minimum Gasteiger partial charge on any atom is -0.494 e. The molecule has 0 aromatic heterocycles. The zero-order valence-corrected chi connectivity index (χ0v) is 16.5. The third-order valence-electron chi connectivity index (χ3n) is 4.20. The van der Waals surface area contributed by atoms with E-state index in [2.05, 4.69) is 27.8 Å². The third-order valence-corrected chi connectivity index (χ3v) is 4.20. The first-order valence-corrected chi connectivity index (χ1v) is 9.57. The fourth-order valence-corrected chi connectivity index (χ4v) is 2.75. The number of hydrogen-bond acceptors (Lipinski definition) is 3. The average molecular weight is 370 g/mol. The third kappa shape index (κ3) is 6.94. The standard InChI is InChI=1S/C22H31N3O2/c1-4-23-21(25-17-22(3,26)19-11-7-6-8-12-19)24-15-14-18-10-9-13-20(16-18)27-5-2/h6-13,16,26H,4-5,14-15,17H2,1-3H3,(H2,23,24,25). The lowest BCUT2D eigenvalue weighted by molar-refractivity contribution is 0.0672. The second-order valence-corrected chi connectivity index (χ2v) is 6.59. The van der Waals surface area contributed by atoms with E-state index in [9.17, 15) is 5.11 Å². The molecule has 27 heavy (non-hydrogen) atoms. The SMILES string of the molecule is CCNC(=NCC(C)(O)c1ccccc1)NCCc1cccc(OCC)c1. The molecule has 1 atom stereocenters. The van der Waals surface area contributed by atoms with Crippen molar-refractivity contribution in [1.82, 2.24) is 10.6 Å². The van der Waals surface area contributed by atoms with Crippen molar-refractivity contribution in [2.45, 2.75) is 32.8 Å². The molecule has 0 bridgehead atoms. The highest BCUT2D eigenvalue weighted by Crippen LogP contribution is 2.20. The smallest absolute Gasteiger partial charge is 0.191 e. The lowest BCUT2D eigenvalue weighted by Gasteiger charge is -2.22. The molecule has 5 heteroatoms. The molecular formula is C22H31N3O2. The van der Waals surface area contributed by atoms with Gasteiger partial charge in [-0.25, -0.2) is 4.99 Å². The molecular weight excluding hydrogens is 338 g/mol. The van der Waals surface area contributed by atoms with Gasteiger partial charge in [-0.05, 0) is 50.5 Å². The van der Waals surface area contributed by atoms with Gasteiger partial charge in [0, 0.05) is 13.1 Å². The fraction of sp³-hybridized carbons (Fsp3) is 0.409. The Morgan fingerprint density at radius 1 is 1.07 bits per heavy atom. The van der Waals surface area contributed by atoms with Crippen molar-refractivity contribution >= 4 is 5.96 Å². The molecule has 2 aromatic carbocycles. The van der Waals surface area contributed by atoms with E-state index in [1.807, 2.05) is 56.3 Å². The first-order chi connectivity index (χ1) is 13.0. The Hall–Kier alpha value is -2.53. The lowest BCUT2D eigenvalue weighted by atomic mass is 9.96. The van der Waals surface area contributed by atoms with Crippen LogP contribution in [0.25, 0.3) is 0 Å². The minimum atomic E-state index is -1.00. The van der Waals surface area contributed by atoms with Crippen LogP contribution in [0.5, 0.6) is 5.75 Å². The molecule has 5 nitrogen and oxygen atoms in total. The second-order valence-electron chi connectivity index (χ2n) is 6.59. The van der Waals surface area contributed by atoms with Gasteiger partial charge in [0.05, 0.1) is 13.2 Å². The number of aliphatic hydroxyl groups is 1. The van der Waals surface area contributed by atoms with Crippen molar-refractivity contribution in [1.29, 1.82) is 0 Å². The van der Waals surface area contributed by atoms with Crippen molar-refractivity contribution in [2.24, 2.45) is 4.99 Å². The van der Waals surface area contributed by atoms with Gasteiger partial charge in [-0.1, -0.05) is 42.5 Å². The monoisotopic (exact) mass is 369 g/mol. The molecule has 2 aromatic rings. The Kier molecular flexibility index (Phi) is 8.14. The molecule has 0 aliphatic heterocycles. The maximum atomic E-state index is 10.7. The van der Waals surface area contributed by atoms with Crippen LogP contribution in [0.15, 0.2) is 59.6 Å². The Bertz CT molecular complexity index is 715. The van der Waals surface area contributed by atoms with E-state index in [4.69, 9.17) is 4.74 Å². The van der Waals surface area contributed by atoms with E-state index in [1.165, 1.54) is 5.56 Å². The molecule has 0 aliphatic carbocycles. The molecule has 0 fully saturated rings. The van der Waals surface area contributed by atoms with Crippen LogP contribution in [0, 0.1) is 0 Å². The summed E-state index contributed by atoms with van der Waals surface area (Å²) in [6.45, 7) is 8.25. The fourth-order valence-electron chi connectivity index (χ4n) is 2.75. The largest absolute Gasteiger partial charge is 0.494 e. The second kappa shape index (κ2) is 10.6. The molecule has 2 rings (SSSR count). The minimum absolute atomic E-state index is 0.284. The van der Waals surface area contributed by atoms with Gasteiger partial charge in [-0.3, -0.25) is 0 Å². The van der Waals surface area contributed by atoms with Crippen molar-refractivity contribution in [3.05, 3.63) is 65.7 Å². The Balaban J connectivity index is 1.92. The number of hydrogen-bond donors (Lipinski definition) is 3. The quantitative estimate of drug-likeness (QED) is 0.469. The maximum Gasteiger partial charge on any atom is 0.191 e. The summed E-state index contributed by atoms with van der Waals surface area (Å²) in [6.07, 6.45) is 0.862. The zero-order valence-electron chi connectivity index (χ0n) is 16.5. The van der Waals surface area contributed by atoms with E-state index in [1.54, 1.807) is 6.92 Å². The van der Waals surface area contributed by atoms with Crippen LogP contribution in [0.3, 0.4) is 0 Å². The van der Waals surface area contributed by atoms with E-state index >= 15 is 0 Å². The van der Waals surface area contributed by atoms with Crippen LogP contribution in [0.2, 0.25) is 0 Å². The normalized spacial score (nSPS) is 13.7. The summed E-state index contributed by atoms with van der Waals surface area (Å²) in [7, 11) is 0. The number of rotatable bonds is 9. The van der Waals surface area contributed by atoms with Gasteiger partial charge in [0.15, 0.2) is 5.96 Å². The molecule has 146 valence electrons. The topological polar surface area (TPSA) is 65.9 Å². The Morgan fingerprint density at radius 2 is 1.85 bits per heavy atom. The van der Waals surface area contributed by atoms with Crippen molar-refractivity contribution in [2.75, 3.05) is 26.2 Å². The van der Waals surface area contributed by atoms with E-state index in [0.717, 1.165) is 30.8 Å². The molecule has 1 unspecified atom stereocenters. The number of nitrogens with zero attached hydrogens (tertiary/aromatic N) is 1. The summed E-state index contributed by atoms with van der Waals surface area (Å²) < 4.78 is 5.55. The summed E-state index contributed by atoms with van der Waals surface area (Å²) in [4.78, 5) is 4.56. The van der Waals surface area contributed by atoms with Gasteiger partial charge < -0.3 is 20.5 Å². The average Bonchev–Trinajstić information content (AvgIpc) is 2.67. The number of guanidine groups is 1. The first-order valence-electron chi connectivity index (χ1n) is 9.57. The zero-order chi connectivity index (χ0) is 19.5. The molecule has 0 saturated heterocycles. The van der Waals surface area contributed by atoms with Gasteiger partial charge in [-0.2, -0.15) is 0 Å². The van der Waals surface area contributed by atoms with Crippen LogP contribution in [-0.2, 0) is 12.0 Å². The first kappa shape index (κ1) is 20.8. The highest BCUT2D eigenvalue weighted by Gasteiger charge is 2.22. The maximum absolute atomic E-state index is 10.7. The van der Waals surface area contributed by atoms with Crippen LogP contribution in [0.4, 0.5) is 0 Å². The Labute approximate surface area is 162 Å². The van der Waals surface area contributed by atoms with Crippen LogP contribution in [0.1, 0.15) is 31.9 Å². The highest BCUT2D eigenvalue weighted by molar-refractivity contribution is 5.79. The van der Waals surface area contributed by atoms with Crippen LogP contribution in [-0.4, -0.2) is 37.3 Å². The van der Waals surface area contributed by atoms with E-state index < -0.39 is 5.60 Å². The lowest BCUT2D eigenvalue weighted by Crippen LogP contribution is -2.39. The molecule has 0 radical (unpaired) electrons. The van der Waals surface area contributed by atoms with Gasteiger partial charge in [0.25, 0.3) is 0 Å². The number of ether oxygens (including phenoxy) is 1.